The fourth-order valence-corrected chi connectivity index (χ4v) is 2.25. The van der Waals surface area contributed by atoms with E-state index in [0.717, 1.165) is 16.9 Å². The second kappa shape index (κ2) is 5.63. The van der Waals surface area contributed by atoms with E-state index in [2.05, 4.69) is 18.9 Å². The first-order valence-electron chi connectivity index (χ1n) is 6.34. The average Bonchev–Trinajstić information content (AvgIpc) is 2.69. The highest BCUT2D eigenvalue weighted by Gasteiger charge is 2.16. The molecule has 102 valence electrons. The van der Waals surface area contributed by atoms with Crippen LogP contribution in [0.25, 0.3) is 5.69 Å². The first kappa shape index (κ1) is 13.9. The smallest absolute Gasteiger partial charge is 0.274 e. The molecule has 0 saturated carbocycles. The minimum atomic E-state index is -0.0310. The van der Waals surface area contributed by atoms with Gasteiger partial charge in [0.2, 0.25) is 0 Å². The van der Waals surface area contributed by atoms with E-state index in [1.165, 1.54) is 0 Å². The summed E-state index contributed by atoms with van der Waals surface area (Å²) in [6.07, 6.45) is 0.587. The summed E-state index contributed by atoms with van der Waals surface area (Å²) in [5.74, 6) is 0.253. The Morgan fingerprint density at radius 2 is 1.95 bits per heavy atom. The first-order valence-corrected chi connectivity index (χ1v) is 6.72. The van der Waals surface area contributed by atoms with Crippen LogP contribution in [-0.4, -0.2) is 16.3 Å². The summed E-state index contributed by atoms with van der Waals surface area (Å²) in [7, 11) is 0. The van der Waals surface area contributed by atoms with Crippen molar-refractivity contribution < 1.29 is 0 Å². The van der Waals surface area contributed by atoms with E-state index in [1.54, 1.807) is 16.8 Å². The van der Waals surface area contributed by atoms with E-state index >= 15 is 0 Å². The summed E-state index contributed by atoms with van der Waals surface area (Å²) < 4.78 is 1.55. The van der Waals surface area contributed by atoms with Crippen molar-refractivity contribution in [1.82, 2.24) is 9.78 Å². The van der Waals surface area contributed by atoms with Crippen LogP contribution in [0.15, 0.2) is 29.1 Å². The lowest BCUT2D eigenvalue weighted by molar-refractivity contribution is 0.756. The van der Waals surface area contributed by atoms with Gasteiger partial charge in [-0.1, -0.05) is 25.4 Å². The van der Waals surface area contributed by atoms with E-state index in [9.17, 15) is 4.79 Å². The van der Waals surface area contributed by atoms with Crippen LogP contribution in [0.4, 0.5) is 0 Å². The van der Waals surface area contributed by atoms with Gasteiger partial charge in [0.15, 0.2) is 0 Å². The molecule has 0 aliphatic carbocycles. The van der Waals surface area contributed by atoms with Gasteiger partial charge in [-0.15, -0.1) is 0 Å². The van der Waals surface area contributed by atoms with Crippen LogP contribution in [-0.2, 0) is 6.42 Å². The number of rotatable bonds is 4. The Kier molecular flexibility index (Phi) is 4.12. The molecule has 0 radical (unpaired) electrons. The van der Waals surface area contributed by atoms with Gasteiger partial charge in [-0.25, -0.2) is 4.68 Å². The molecule has 0 spiro atoms. The molecule has 19 heavy (non-hydrogen) atoms. The minimum Gasteiger partial charge on any atom is -0.330 e. The molecule has 0 fully saturated rings. The molecule has 1 aromatic heterocycles. The summed E-state index contributed by atoms with van der Waals surface area (Å²) in [6.45, 7) is 4.57. The van der Waals surface area contributed by atoms with Gasteiger partial charge in [-0.2, -0.15) is 0 Å². The number of nitrogens with one attached hydrogen (secondary N) is 1. The molecule has 0 unspecified atom stereocenters. The first-order chi connectivity index (χ1) is 9.04. The molecule has 0 amide bonds. The standard InChI is InChI=1S/C14H18ClN3O/c1-9(2)13-12(7-8-16)14(19)18(17-13)11-5-3-10(15)4-6-11/h3-6,9,17H,7-8,16H2,1-2H3. The number of aromatic amines is 1. The lowest BCUT2D eigenvalue weighted by Crippen LogP contribution is -2.19. The fraction of sp³-hybridized carbons (Fsp3) is 0.357. The average molecular weight is 280 g/mol. The molecular formula is C14H18ClN3O. The molecule has 1 aromatic carbocycles. The van der Waals surface area contributed by atoms with Crippen LogP contribution in [0, 0.1) is 0 Å². The summed E-state index contributed by atoms with van der Waals surface area (Å²) in [5, 5.41) is 3.82. The van der Waals surface area contributed by atoms with E-state index in [1.807, 2.05) is 12.1 Å². The number of H-pyrrole nitrogens is 1. The van der Waals surface area contributed by atoms with E-state index in [-0.39, 0.29) is 11.5 Å². The van der Waals surface area contributed by atoms with Crippen LogP contribution in [0.2, 0.25) is 5.02 Å². The molecule has 2 rings (SSSR count). The highest BCUT2D eigenvalue weighted by Crippen LogP contribution is 2.17. The SMILES string of the molecule is CC(C)c1[nH]n(-c2ccc(Cl)cc2)c(=O)c1CCN. The molecule has 2 aromatic rings. The van der Waals surface area contributed by atoms with E-state index in [0.29, 0.717) is 18.0 Å². The van der Waals surface area contributed by atoms with Gasteiger partial charge in [0.1, 0.15) is 0 Å². The fourth-order valence-electron chi connectivity index (χ4n) is 2.12. The van der Waals surface area contributed by atoms with Gasteiger partial charge >= 0.3 is 0 Å². The summed E-state index contributed by atoms with van der Waals surface area (Å²) in [5.41, 5.74) is 8.05. The van der Waals surface area contributed by atoms with Crippen molar-refractivity contribution in [2.75, 3.05) is 6.54 Å². The third-order valence-electron chi connectivity index (χ3n) is 3.08. The zero-order valence-electron chi connectivity index (χ0n) is 11.1. The quantitative estimate of drug-likeness (QED) is 0.903. The molecule has 0 atom stereocenters. The summed E-state index contributed by atoms with van der Waals surface area (Å²) in [4.78, 5) is 12.4. The predicted octanol–water partition coefficient (Wildman–Crippen LogP) is 2.44. The summed E-state index contributed by atoms with van der Waals surface area (Å²) >= 11 is 5.86. The van der Waals surface area contributed by atoms with Crippen molar-refractivity contribution in [3.05, 3.63) is 50.9 Å². The Morgan fingerprint density at radius 3 is 2.47 bits per heavy atom. The molecule has 0 aliphatic heterocycles. The maximum Gasteiger partial charge on any atom is 0.274 e. The number of benzene rings is 1. The Labute approximate surface area is 117 Å². The highest BCUT2D eigenvalue weighted by molar-refractivity contribution is 6.30. The van der Waals surface area contributed by atoms with Gasteiger partial charge in [-0.05, 0) is 43.1 Å². The van der Waals surface area contributed by atoms with Crippen LogP contribution >= 0.6 is 11.6 Å². The van der Waals surface area contributed by atoms with Gasteiger partial charge in [0.05, 0.1) is 5.69 Å². The van der Waals surface area contributed by atoms with Crippen molar-refractivity contribution >= 4 is 11.6 Å². The second-order valence-electron chi connectivity index (χ2n) is 4.81. The zero-order chi connectivity index (χ0) is 14.0. The van der Waals surface area contributed by atoms with Crippen molar-refractivity contribution in [2.24, 2.45) is 5.73 Å². The molecule has 5 heteroatoms. The molecular weight excluding hydrogens is 262 g/mol. The molecule has 0 bridgehead atoms. The predicted molar refractivity (Wildman–Crippen MR) is 78.2 cm³/mol. The maximum absolute atomic E-state index is 12.4. The number of nitrogens with two attached hydrogens (primary N) is 1. The van der Waals surface area contributed by atoms with Crippen molar-refractivity contribution in [3.8, 4) is 5.69 Å². The third-order valence-corrected chi connectivity index (χ3v) is 3.33. The topological polar surface area (TPSA) is 63.8 Å². The lowest BCUT2D eigenvalue weighted by Gasteiger charge is -2.04. The highest BCUT2D eigenvalue weighted by atomic mass is 35.5. The van der Waals surface area contributed by atoms with Gasteiger partial charge in [-0.3, -0.25) is 9.89 Å². The maximum atomic E-state index is 12.4. The normalized spacial score (nSPS) is 11.2. The Morgan fingerprint density at radius 1 is 1.32 bits per heavy atom. The summed E-state index contributed by atoms with van der Waals surface area (Å²) in [6, 6.07) is 7.16. The van der Waals surface area contributed by atoms with Gasteiger partial charge in [0, 0.05) is 16.3 Å². The number of aromatic nitrogens is 2. The Hall–Kier alpha value is -1.52. The van der Waals surface area contributed by atoms with E-state index in [4.69, 9.17) is 17.3 Å². The lowest BCUT2D eigenvalue weighted by atomic mass is 10.0. The monoisotopic (exact) mass is 279 g/mol. The van der Waals surface area contributed by atoms with Crippen molar-refractivity contribution in [2.45, 2.75) is 26.2 Å². The minimum absolute atomic E-state index is 0.0310. The van der Waals surface area contributed by atoms with E-state index < -0.39 is 0 Å². The molecule has 0 saturated heterocycles. The van der Waals surface area contributed by atoms with Gasteiger partial charge in [0.25, 0.3) is 5.56 Å². The number of halogens is 1. The molecule has 4 nitrogen and oxygen atoms in total. The molecule has 0 aliphatic rings. The van der Waals surface area contributed by atoms with Crippen molar-refractivity contribution in [1.29, 1.82) is 0 Å². The van der Waals surface area contributed by atoms with Crippen LogP contribution in [0.5, 0.6) is 0 Å². The van der Waals surface area contributed by atoms with Crippen LogP contribution in [0.1, 0.15) is 31.0 Å². The number of hydrogen-bond donors (Lipinski definition) is 2. The van der Waals surface area contributed by atoms with Gasteiger partial charge < -0.3 is 5.73 Å². The van der Waals surface area contributed by atoms with Crippen molar-refractivity contribution in [3.63, 3.8) is 0 Å². The Balaban J connectivity index is 2.55. The van der Waals surface area contributed by atoms with Crippen LogP contribution < -0.4 is 11.3 Å². The largest absolute Gasteiger partial charge is 0.330 e. The number of nitrogens with zero attached hydrogens (tertiary/aromatic N) is 1. The Bertz CT molecular complexity index is 611. The molecule has 1 heterocycles. The second-order valence-corrected chi connectivity index (χ2v) is 5.25. The molecule has 3 N–H and O–H groups in total. The zero-order valence-corrected chi connectivity index (χ0v) is 11.9. The van der Waals surface area contributed by atoms with Crippen LogP contribution in [0.3, 0.4) is 0 Å². The third kappa shape index (κ3) is 2.74. The number of hydrogen-bond acceptors (Lipinski definition) is 2.